The summed E-state index contributed by atoms with van der Waals surface area (Å²) in [5.41, 5.74) is 1.39. The number of aromatic amines is 1. The van der Waals surface area contributed by atoms with Gasteiger partial charge in [-0.15, -0.1) is 0 Å². The van der Waals surface area contributed by atoms with Crippen LogP contribution in [0.5, 0.6) is 0 Å². The van der Waals surface area contributed by atoms with E-state index in [1.54, 1.807) is 18.2 Å². The Kier molecular flexibility index (Phi) is 2.13. The molecule has 0 amide bonds. The molecule has 0 bridgehead atoms. The number of hydrogen-bond donors (Lipinski definition) is 1. The van der Waals surface area contributed by atoms with Crippen LogP contribution >= 0.6 is 11.6 Å². The van der Waals surface area contributed by atoms with E-state index in [0.29, 0.717) is 5.02 Å². The number of H-pyrrole nitrogens is 1. The first kappa shape index (κ1) is 9.02. The maximum atomic E-state index is 11.3. The molecule has 2 rings (SSSR count). The number of halogens is 1. The Morgan fingerprint density at radius 3 is 2.86 bits per heavy atom. The van der Waals surface area contributed by atoms with Gasteiger partial charge in [0.15, 0.2) is 0 Å². The zero-order valence-corrected chi connectivity index (χ0v) is 8.25. The number of benzene rings is 1. The third kappa shape index (κ3) is 1.44. The lowest BCUT2D eigenvalue weighted by Crippen LogP contribution is -2.16. The van der Waals surface area contributed by atoms with Crippen LogP contribution in [0.15, 0.2) is 29.3 Å². The second kappa shape index (κ2) is 3.31. The molecule has 72 valence electrons. The maximum Gasteiger partial charge on any atom is 0.347 e. The largest absolute Gasteiger partial charge is 0.347 e. The van der Waals surface area contributed by atoms with Crippen molar-refractivity contribution in [2.24, 2.45) is 0 Å². The van der Waals surface area contributed by atoms with Crippen LogP contribution in [0.4, 0.5) is 0 Å². The number of hydrogen-bond acceptors (Lipinski definition) is 2. The fourth-order valence-corrected chi connectivity index (χ4v) is 1.51. The van der Waals surface area contributed by atoms with Crippen LogP contribution in [-0.2, 0) is 0 Å². The van der Waals surface area contributed by atoms with E-state index < -0.39 is 0 Å². The molecule has 2 aromatic rings. The van der Waals surface area contributed by atoms with E-state index in [4.69, 9.17) is 11.6 Å². The molecule has 4 nitrogen and oxygen atoms in total. The average molecular weight is 210 g/mol. The summed E-state index contributed by atoms with van der Waals surface area (Å²) in [5.74, 6) is 0. The van der Waals surface area contributed by atoms with E-state index >= 15 is 0 Å². The van der Waals surface area contributed by atoms with Gasteiger partial charge in [0.25, 0.3) is 0 Å². The molecule has 0 fully saturated rings. The number of nitrogens with zero attached hydrogens (tertiary/aromatic N) is 2. The summed E-state index contributed by atoms with van der Waals surface area (Å²) in [7, 11) is 0. The number of aryl methyl sites for hydroxylation is 1. The van der Waals surface area contributed by atoms with Crippen LogP contribution in [0, 0.1) is 6.92 Å². The molecule has 0 spiro atoms. The standard InChI is InChI=1S/C9H8ClN3O/c1-6-4-7(10)2-3-8(6)13-9(14)11-5-12-13/h2-5H,1H3,(H,11,12,14). The normalized spacial score (nSPS) is 10.4. The molecular formula is C9H8ClN3O. The van der Waals surface area contributed by atoms with Crippen molar-refractivity contribution < 1.29 is 0 Å². The van der Waals surface area contributed by atoms with Gasteiger partial charge in [0, 0.05) is 5.02 Å². The fourth-order valence-electron chi connectivity index (χ4n) is 1.28. The van der Waals surface area contributed by atoms with Crippen molar-refractivity contribution in [2.75, 3.05) is 0 Å². The summed E-state index contributed by atoms with van der Waals surface area (Å²) in [6.07, 6.45) is 1.36. The highest BCUT2D eigenvalue weighted by Crippen LogP contribution is 2.16. The summed E-state index contributed by atoms with van der Waals surface area (Å²) in [6, 6.07) is 5.28. The Balaban J connectivity index is 2.63. The minimum Gasteiger partial charge on any atom is -0.295 e. The highest BCUT2D eigenvalue weighted by atomic mass is 35.5. The topological polar surface area (TPSA) is 50.7 Å². The predicted molar refractivity (Wildman–Crippen MR) is 53.9 cm³/mol. The molecule has 0 aliphatic rings. The Hall–Kier alpha value is -1.55. The molecule has 0 aliphatic carbocycles. The zero-order chi connectivity index (χ0) is 10.1. The number of aromatic nitrogens is 3. The molecule has 1 heterocycles. The van der Waals surface area contributed by atoms with Gasteiger partial charge in [-0.25, -0.2) is 4.79 Å². The Bertz CT molecular complexity index is 515. The van der Waals surface area contributed by atoms with Crippen molar-refractivity contribution in [2.45, 2.75) is 6.92 Å². The molecule has 1 aromatic heterocycles. The van der Waals surface area contributed by atoms with Crippen LogP contribution < -0.4 is 5.69 Å². The molecule has 5 heteroatoms. The van der Waals surface area contributed by atoms with Gasteiger partial charge in [-0.05, 0) is 30.7 Å². The van der Waals surface area contributed by atoms with Gasteiger partial charge in [0.2, 0.25) is 0 Å². The third-order valence-corrected chi connectivity index (χ3v) is 2.18. The molecule has 14 heavy (non-hydrogen) atoms. The number of rotatable bonds is 1. The van der Waals surface area contributed by atoms with E-state index in [0.717, 1.165) is 11.3 Å². The van der Waals surface area contributed by atoms with Gasteiger partial charge in [-0.1, -0.05) is 11.6 Å². The predicted octanol–water partition coefficient (Wildman–Crippen LogP) is 1.52. The SMILES string of the molecule is Cc1cc(Cl)ccc1-n1nc[nH]c1=O. The second-order valence-electron chi connectivity index (χ2n) is 2.94. The zero-order valence-electron chi connectivity index (χ0n) is 7.49. The average Bonchev–Trinajstić information content (AvgIpc) is 2.52. The van der Waals surface area contributed by atoms with E-state index in [1.807, 2.05) is 6.92 Å². The lowest BCUT2D eigenvalue weighted by atomic mass is 10.2. The van der Waals surface area contributed by atoms with Gasteiger partial charge in [-0.3, -0.25) is 4.98 Å². The Morgan fingerprint density at radius 2 is 2.29 bits per heavy atom. The van der Waals surface area contributed by atoms with Gasteiger partial charge in [0.1, 0.15) is 6.33 Å². The van der Waals surface area contributed by atoms with Crippen molar-refractivity contribution in [3.8, 4) is 5.69 Å². The summed E-state index contributed by atoms with van der Waals surface area (Å²) >= 11 is 5.80. The lowest BCUT2D eigenvalue weighted by Gasteiger charge is -2.03. The maximum absolute atomic E-state index is 11.3. The van der Waals surface area contributed by atoms with Crippen molar-refractivity contribution in [3.63, 3.8) is 0 Å². The third-order valence-electron chi connectivity index (χ3n) is 1.94. The van der Waals surface area contributed by atoms with Crippen LogP contribution in [0.2, 0.25) is 5.02 Å². The Morgan fingerprint density at radius 1 is 1.50 bits per heavy atom. The molecule has 0 unspecified atom stereocenters. The molecule has 1 N–H and O–H groups in total. The molecule has 0 radical (unpaired) electrons. The summed E-state index contributed by atoms with van der Waals surface area (Å²) in [5, 5.41) is 4.53. The van der Waals surface area contributed by atoms with Gasteiger partial charge >= 0.3 is 5.69 Å². The first-order valence-corrected chi connectivity index (χ1v) is 4.45. The molecular weight excluding hydrogens is 202 g/mol. The molecule has 0 aliphatic heterocycles. The van der Waals surface area contributed by atoms with E-state index in [9.17, 15) is 4.79 Å². The highest BCUT2D eigenvalue weighted by Gasteiger charge is 2.04. The van der Waals surface area contributed by atoms with Crippen LogP contribution in [-0.4, -0.2) is 14.8 Å². The van der Waals surface area contributed by atoms with Crippen molar-refractivity contribution in [1.82, 2.24) is 14.8 Å². The van der Waals surface area contributed by atoms with Gasteiger partial charge < -0.3 is 0 Å². The van der Waals surface area contributed by atoms with Gasteiger partial charge in [0.05, 0.1) is 5.69 Å². The monoisotopic (exact) mass is 209 g/mol. The Labute approximate surface area is 85.1 Å². The van der Waals surface area contributed by atoms with E-state index in [2.05, 4.69) is 10.1 Å². The van der Waals surface area contributed by atoms with Crippen LogP contribution in [0.25, 0.3) is 5.69 Å². The van der Waals surface area contributed by atoms with Crippen molar-refractivity contribution in [1.29, 1.82) is 0 Å². The summed E-state index contributed by atoms with van der Waals surface area (Å²) in [4.78, 5) is 13.7. The minimum absolute atomic E-state index is 0.254. The first-order valence-electron chi connectivity index (χ1n) is 4.08. The van der Waals surface area contributed by atoms with Crippen molar-refractivity contribution >= 4 is 11.6 Å². The molecule has 1 aromatic carbocycles. The second-order valence-corrected chi connectivity index (χ2v) is 3.37. The van der Waals surface area contributed by atoms with E-state index in [1.165, 1.54) is 11.0 Å². The van der Waals surface area contributed by atoms with Gasteiger partial charge in [-0.2, -0.15) is 9.78 Å². The fraction of sp³-hybridized carbons (Fsp3) is 0.111. The van der Waals surface area contributed by atoms with E-state index in [-0.39, 0.29) is 5.69 Å². The molecule has 0 saturated heterocycles. The van der Waals surface area contributed by atoms with Crippen LogP contribution in [0.1, 0.15) is 5.56 Å². The number of nitrogens with one attached hydrogen (secondary N) is 1. The summed E-state index contributed by atoms with van der Waals surface area (Å²) in [6.45, 7) is 1.88. The smallest absolute Gasteiger partial charge is 0.295 e. The lowest BCUT2D eigenvalue weighted by molar-refractivity contribution is 0.836. The highest BCUT2D eigenvalue weighted by molar-refractivity contribution is 6.30. The van der Waals surface area contributed by atoms with Crippen LogP contribution in [0.3, 0.4) is 0 Å². The summed E-state index contributed by atoms with van der Waals surface area (Å²) < 4.78 is 1.30. The van der Waals surface area contributed by atoms with Crippen molar-refractivity contribution in [3.05, 3.63) is 45.6 Å². The first-order chi connectivity index (χ1) is 6.68. The minimum atomic E-state index is -0.254. The quantitative estimate of drug-likeness (QED) is 0.774. The molecule has 0 saturated carbocycles. The molecule has 0 atom stereocenters.